The van der Waals surface area contributed by atoms with E-state index in [1.807, 2.05) is 0 Å². The van der Waals surface area contributed by atoms with Crippen LogP contribution in [0.4, 0.5) is 5.69 Å². The van der Waals surface area contributed by atoms with Crippen LogP contribution in [0.25, 0.3) is 0 Å². The molecule has 1 N–H and O–H groups in total. The number of methoxy groups -OCH3 is 2. The summed E-state index contributed by atoms with van der Waals surface area (Å²) in [5, 5.41) is 2.50. The molecule has 1 aromatic rings. The summed E-state index contributed by atoms with van der Waals surface area (Å²) in [6, 6.07) is 5.11. The maximum Gasteiger partial charge on any atom is 0.246 e. The Hall–Kier alpha value is -2.24. The Morgan fingerprint density at radius 3 is 2.67 bits per heavy atom. The molecule has 0 aliphatic carbocycles. The molecule has 1 saturated heterocycles. The van der Waals surface area contributed by atoms with Crippen molar-refractivity contribution >= 4 is 17.5 Å². The lowest BCUT2D eigenvalue weighted by Gasteiger charge is -2.28. The zero-order chi connectivity index (χ0) is 13.1. The van der Waals surface area contributed by atoms with Gasteiger partial charge in [-0.15, -0.1) is 0 Å². The number of carbonyl (C=O) groups is 2. The molecule has 1 aliphatic heterocycles. The molecule has 0 saturated carbocycles. The predicted octanol–water partition coefficient (Wildman–Crippen LogP) is 0.167. The molecule has 1 aliphatic rings. The Kier molecular flexibility index (Phi) is 3.36. The van der Waals surface area contributed by atoms with E-state index in [1.165, 1.54) is 19.1 Å². The van der Waals surface area contributed by atoms with Gasteiger partial charge in [-0.3, -0.25) is 14.5 Å². The number of anilines is 1. The average molecular weight is 250 g/mol. The van der Waals surface area contributed by atoms with Crippen molar-refractivity contribution in [2.45, 2.75) is 0 Å². The molecular weight excluding hydrogens is 236 g/mol. The molecule has 2 amide bonds. The van der Waals surface area contributed by atoms with Gasteiger partial charge in [0.05, 0.1) is 26.5 Å². The Morgan fingerprint density at radius 2 is 2.00 bits per heavy atom. The molecule has 1 fully saturated rings. The molecule has 6 heteroatoms. The highest BCUT2D eigenvalue weighted by Gasteiger charge is 2.26. The third-order valence-corrected chi connectivity index (χ3v) is 2.72. The van der Waals surface area contributed by atoms with Gasteiger partial charge < -0.3 is 14.8 Å². The van der Waals surface area contributed by atoms with Crippen LogP contribution >= 0.6 is 0 Å². The van der Waals surface area contributed by atoms with Gasteiger partial charge in [-0.1, -0.05) is 0 Å². The van der Waals surface area contributed by atoms with Gasteiger partial charge in [0, 0.05) is 6.07 Å². The smallest absolute Gasteiger partial charge is 0.246 e. The highest BCUT2D eigenvalue weighted by Crippen LogP contribution is 2.32. The largest absolute Gasteiger partial charge is 0.497 e. The van der Waals surface area contributed by atoms with Crippen LogP contribution in [0.3, 0.4) is 0 Å². The molecule has 18 heavy (non-hydrogen) atoms. The quantitative estimate of drug-likeness (QED) is 0.830. The molecule has 1 aromatic carbocycles. The van der Waals surface area contributed by atoms with E-state index in [0.717, 1.165) is 0 Å². The number of nitrogens with one attached hydrogen (secondary N) is 1. The van der Waals surface area contributed by atoms with Gasteiger partial charge in [-0.05, 0) is 12.1 Å². The fourth-order valence-corrected chi connectivity index (χ4v) is 1.78. The second kappa shape index (κ2) is 4.95. The topological polar surface area (TPSA) is 67.9 Å². The van der Waals surface area contributed by atoms with Crippen LogP contribution in [-0.4, -0.2) is 39.1 Å². The second-order valence-electron chi connectivity index (χ2n) is 3.79. The number of hydrogen-bond acceptors (Lipinski definition) is 4. The number of ether oxygens (including phenoxy) is 2. The molecule has 0 spiro atoms. The van der Waals surface area contributed by atoms with E-state index in [0.29, 0.717) is 17.2 Å². The van der Waals surface area contributed by atoms with E-state index in [-0.39, 0.29) is 24.9 Å². The first-order valence-electron chi connectivity index (χ1n) is 5.45. The number of carbonyl (C=O) groups excluding carboxylic acids is 2. The minimum absolute atomic E-state index is 0.000796. The standard InChI is InChI=1S/C12H14N2O4/c1-17-8-3-4-10(18-2)9(5-8)14-7-11(15)13-6-12(14)16/h3-5H,6-7H2,1-2H3,(H,13,15). The van der Waals surface area contributed by atoms with Crippen LogP contribution in [0, 0.1) is 0 Å². The highest BCUT2D eigenvalue weighted by molar-refractivity contribution is 6.05. The number of hydrogen-bond donors (Lipinski definition) is 1. The van der Waals surface area contributed by atoms with E-state index in [1.54, 1.807) is 18.2 Å². The minimum atomic E-state index is -0.195. The first-order chi connectivity index (χ1) is 8.65. The summed E-state index contributed by atoms with van der Waals surface area (Å²) in [5.74, 6) is 0.754. The van der Waals surface area contributed by atoms with Gasteiger partial charge in [-0.2, -0.15) is 0 Å². The molecule has 0 aromatic heterocycles. The maximum atomic E-state index is 11.8. The normalized spacial score (nSPS) is 15.3. The van der Waals surface area contributed by atoms with Gasteiger partial charge in [0.15, 0.2) is 0 Å². The molecule has 0 unspecified atom stereocenters. The second-order valence-corrected chi connectivity index (χ2v) is 3.79. The zero-order valence-corrected chi connectivity index (χ0v) is 10.2. The molecular formula is C12H14N2O4. The van der Waals surface area contributed by atoms with Crippen LogP contribution < -0.4 is 19.7 Å². The lowest BCUT2D eigenvalue weighted by atomic mass is 10.2. The third-order valence-electron chi connectivity index (χ3n) is 2.72. The van der Waals surface area contributed by atoms with Gasteiger partial charge in [0.2, 0.25) is 11.8 Å². The summed E-state index contributed by atoms with van der Waals surface area (Å²) in [7, 11) is 3.05. The SMILES string of the molecule is COc1ccc(OC)c(N2CC(=O)NCC2=O)c1. The first-order valence-corrected chi connectivity index (χ1v) is 5.45. The average Bonchev–Trinajstić information content (AvgIpc) is 2.40. The molecule has 0 bridgehead atoms. The zero-order valence-electron chi connectivity index (χ0n) is 10.2. The van der Waals surface area contributed by atoms with Gasteiger partial charge >= 0.3 is 0 Å². The summed E-state index contributed by atoms with van der Waals surface area (Å²) in [4.78, 5) is 24.6. The van der Waals surface area contributed by atoms with Crippen molar-refractivity contribution in [3.05, 3.63) is 18.2 Å². The van der Waals surface area contributed by atoms with Crippen molar-refractivity contribution in [1.82, 2.24) is 5.32 Å². The minimum Gasteiger partial charge on any atom is -0.497 e. The predicted molar refractivity (Wildman–Crippen MR) is 64.9 cm³/mol. The summed E-state index contributed by atoms with van der Waals surface area (Å²) in [6.45, 7) is -0.0123. The summed E-state index contributed by atoms with van der Waals surface area (Å²) in [6.07, 6.45) is 0. The lowest BCUT2D eigenvalue weighted by molar-refractivity contribution is -0.128. The Bertz CT molecular complexity index is 487. The Balaban J connectivity index is 2.40. The number of piperazine rings is 1. The first kappa shape index (κ1) is 12.2. The van der Waals surface area contributed by atoms with Crippen molar-refractivity contribution < 1.29 is 19.1 Å². The summed E-state index contributed by atoms with van der Waals surface area (Å²) < 4.78 is 10.3. The number of benzene rings is 1. The fraction of sp³-hybridized carbons (Fsp3) is 0.333. The van der Waals surface area contributed by atoms with Gasteiger partial charge in [0.1, 0.15) is 18.0 Å². The monoisotopic (exact) mass is 250 g/mol. The van der Waals surface area contributed by atoms with Crippen molar-refractivity contribution in [2.24, 2.45) is 0 Å². The maximum absolute atomic E-state index is 11.8. The lowest BCUT2D eigenvalue weighted by Crippen LogP contribution is -2.51. The van der Waals surface area contributed by atoms with Crippen molar-refractivity contribution in [3.63, 3.8) is 0 Å². The van der Waals surface area contributed by atoms with Crippen LogP contribution in [0.2, 0.25) is 0 Å². The van der Waals surface area contributed by atoms with E-state index in [2.05, 4.69) is 5.32 Å². The van der Waals surface area contributed by atoms with Crippen molar-refractivity contribution in [1.29, 1.82) is 0 Å². The molecule has 0 atom stereocenters. The number of amides is 2. The van der Waals surface area contributed by atoms with E-state index in [4.69, 9.17) is 9.47 Å². The van der Waals surface area contributed by atoms with Crippen molar-refractivity contribution in [3.8, 4) is 11.5 Å². The van der Waals surface area contributed by atoms with Gasteiger partial charge in [-0.25, -0.2) is 0 Å². The van der Waals surface area contributed by atoms with Crippen LogP contribution in [0.5, 0.6) is 11.5 Å². The molecule has 6 nitrogen and oxygen atoms in total. The summed E-state index contributed by atoms with van der Waals surface area (Å²) in [5.41, 5.74) is 0.539. The molecule has 96 valence electrons. The van der Waals surface area contributed by atoms with E-state index in [9.17, 15) is 9.59 Å². The number of nitrogens with zero attached hydrogens (tertiary/aromatic N) is 1. The van der Waals surface area contributed by atoms with Crippen LogP contribution in [0.15, 0.2) is 18.2 Å². The molecule has 1 heterocycles. The highest BCUT2D eigenvalue weighted by atomic mass is 16.5. The van der Waals surface area contributed by atoms with Gasteiger partial charge in [0.25, 0.3) is 0 Å². The number of rotatable bonds is 3. The molecule has 2 rings (SSSR count). The summed E-state index contributed by atoms with van der Waals surface area (Å²) >= 11 is 0. The van der Waals surface area contributed by atoms with Crippen LogP contribution in [-0.2, 0) is 9.59 Å². The fourth-order valence-electron chi connectivity index (χ4n) is 1.78. The van der Waals surface area contributed by atoms with E-state index < -0.39 is 0 Å². The third kappa shape index (κ3) is 2.22. The Morgan fingerprint density at radius 1 is 1.22 bits per heavy atom. The van der Waals surface area contributed by atoms with Crippen molar-refractivity contribution in [2.75, 3.05) is 32.2 Å². The van der Waals surface area contributed by atoms with E-state index >= 15 is 0 Å². The molecule has 0 radical (unpaired) electrons. The van der Waals surface area contributed by atoms with Crippen LogP contribution in [0.1, 0.15) is 0 Å². The Labute approximate surface area is 104 Å².